The normalized spacial score (nSPS) is 11.8. The summed E-state index contributed by atoms with van der Waals surface area (Å²) in [5.74, 6) is -0.206. The zero-order valence-electron chi connectivity index (χ0n) is 15.7. The number of aromatic nitrogens is 3. The van der Waals surface area contributed by atoms with Crippen molar-refractivity contribution in [1.82, 2.24) is 14.8 Å². The van der Waals surface area contributed by atoms with Crippen LogP contribution in [0.4, 0.5) is 5.95 Å². The van der Waals surface area contributed by atoms with E-state index in [1.54, 1.807) is 29.2 Å². The summed E-state index contributed by atoms with van der Waals surface area (Å²) in [7, 11) is 0. The number of hydrogen-bond donors (Lipinski definition) is 1. The van der Waals surface area contributed by atoms with Crippen molar-refractivity contribution < 1.29 is 9.59 Å². The number of nitrogens with zero attached hydrogens (tertiary/aromatic N) is 3. The van der Waals surface area contributed by atoms with Crippen LogP contribution >= 0.6 is 15.9 Å². The highest BCUT2D eigenvalue weighted by atomic mass is 79.9. The molecule has 0 saturated heterocycles. The van der Waals surface area contributed by atoms with Gasteiger partial charge in [-0.25, -0.2) is 9.67 Å². The van der Waals surface area contributed by atoms with Gasteiger partial charge in [0.15, 0.2) is 5.78 Å². The van der Waals surface area contributed by atoms with Crippen LogP contribution in [0, 0.1) is 0 Å². The molecule has 1 N–H and O–H groups in total. The van der Waals surface area contributed by atoms with E-state index in [0.717, 1.165) is 21.2 Å². The number of ketones is 1. The number of benzene rings is 3. The largest absolute Gasteiger partial charge is 0.289 e. The Hall–Kier alpha value is -3.58. The number of rotatable bonds is 4. The van der Waals surface area contributed by atoms with E-state index in [9.17, 15) is 9.59 Å². The molecule has 0 atom stereocenters. The third-order valence-corrected chi connectivity index (χ3v) is 5.54. The summed E-state index contributed by atoms with van der Waals surface area (Å²) in [6.07, 6.45) is 1.57. The van der Waals surface area contributed by atoms with Gasteiger partial charge in [0.1, 0.15) is 6.33 Å². The van der Waals surface area contributed by atoms with Crippen molar-refractivity contribution in [2.24, 2.45) is 0 Å². The molecule has 5 rings (SSSR count). The van der Waals surface area contributed by atoms with Crippen molar-refractivity contribution in [2.75, 3.05) is 5.32 Å². The maximum absolute atomic E-state index is 12.7. The van der Waals surface area contributed by atoms with Gasteiger partial charge in [0, 0.05) is 21.2 Å². The molecule has 1 aromatic heterocycles. The fourth-order valence-corrected chi connectivity index (χ4v) is 3.81. The lowest BCUT2D eigenvalue weighted by Gasteiger charge is -2.04. The van der Waals surface area contributed by atoms with Crippen molar-refractivity contribution in [2.45, 2.75) is 6.54 Å². The number of carbonyl (C=O) groups is 2. The Kier molecular flexibility index (Phi) is 4.52. The summed E-state index contributed by atoms with van der Waals surface area (Å²) in [5, 5.41) is 7.01. The zero-order valence-corrected chi connectivity index (χ0v) is 17.3. The second-order valence-electron chi connectivity index (χ2n) is 6.98. The number of carbonyl (C=O) groups excluding carboxylic acids is 2. The zero-order chi connectivity index (χ0) is 20.7. The maximum Gasteiger partial charge on any atom is 0.258 e. The summed E-state index contributed by atoms with van der Waals surface area (Å²) in [5.41, 5.74) is 4.41. The van der Waals surface area contributed by atoms with Crippen molar-refractivity contribution in [1.29, 1.82) is 0 Å². The van der Waals surface area contributed by atoms with Gasteiger partial charge in [0.05, 0.1) is 6.54 Å². The van der Waals surface area contributed by atoms with Gasteiger partial charge in [-0.1, -0.05) is 58.4 Å². The number of halogens is 1. The summed E-state index contributed by atoms with van der Waals surface area (Å²) in [6.45, 7) is 0.543. The van der Waals surface area contributed by atoms with Gasteiger partial charge in [-0.15, -0.1) is 5.10 Å². The first-order chi connectivity index (χ1) is 14.6. The minimum absolute atomic E-state index is 0.0628. The Labute approximate surface area is 180 Å². The first kappa shape index (κ1) is 18.4. The van der Waals surface area contributed by atoms with Crippen LogP contribution in [-0.4, -0.2) is 26.5 Å². The molecule has 0 radical (unpaired) electrons. The molecule has 1 aliphatic rings. The highest BCUT2D eigenvalue weighted by Crippen LogP contribution is 2.36. The van der Waals surface area contributed by atoms with Crippen molar-refractivity contribution >= 4 is 33.6 Å². The van der Waals surface area contributed by atoms with E-state index in [4.69, 9.17) is 0 Å². The molecule has 0 fully saturated rings. The lowest BCUT2D eigenvalue weighted by atomic mass is 10.0. The van der Waals surface area contributed by atoms with Gasteiger partial charge in [0.25, 0.3) is 5.91 Å². The quantitative estimate of drug-likeness (QED) is 0.428. The lowest BCUT2D eigenvalue weighted by Crippen LogP contribution is -2.14. The summed E-state index contributed by atoms with van der Waals surface area (Å²) >= 11 is 3.41. The third-order valence-electron chi connectivity index (χ3n) is 5.01. The van der Waals surface area contributed by atoms with Crippen LogP contribution in [0.25, 0.3) is 11.1 Å². The third kappa shape index (κ3) is 3.33. The fraction of sp³-hybridized carbons (Fsp3) is 0.0435. The first-order valence-corrected chi connectivity index (χ1v) is 10.1. The molecular formula is C23H15BrN4O2. The predicted molar refractivity (Wildman–Crippen MR) is 117 cm³/mol. The highest BCUT2D eigenvalue weighted by molar-refractivity contribution is 9.10. The molecule has 1 aliphatic carbocycles. The molecule has 6 nitrogen and oxygen atoms in total. The Bertz CT molecular complexity index is 1290. The molecule has 30 heavy (non-hydrogen) atoms. The van der Waals surface area contributed by atoms with Gasteiger partial charge in [-0.2, -0.15) is 0 Å². The second-order valence-corrected chi connectivity index (χ2v) is 7.90. The fourth-order valence-electron chi connectivity index (χ4n) is 3.55. The molecule has 7 heteroatoms. The van der Waals surface area contributed by atoms with E-state index in [1.807, 2.05) is 48.5 Å². The second kappa shape index (κ2) is 7.35. The number of hydrogen-bond acceptors (Lipinski definition) is 4. The van der Waals surface area contributed by atoms with Crippen LogP contribution in [0.1, 0.15) is 31.8 Å². The highest BCUT2D eigenvalue weighted by Gasteiger charge is 2.27. The maximum atomic E-state index is 12.7. The standard InChI is InChI=1S/C23H15BrN4O2/c24-16-8-5-14(6-9-16)12-28-13-25-23(27-28)26-22(30)15-7-10-18-17-3-1-2-4-19(17)21(29)20(18)11-15/h1-11,13H,12H2,(H,26,27,30). The van der Waals surface area contributed by atoms with Crippen molar-refractivity contribution in [3.05, 3.63) is 99.8 Å². The number of anilines is 1. The number of nitrogens with one attached hydrogen (secondary N) is 1. The Balaban J connectivity index is 1.33. The Morgan fingerprint density at radius 2 is 1.67 bits per heavy atom. The van der Waals surface area contributed by atoms with E-state index in [1.165, 1.54) is 0 Å². The SMILES string of the molecule is O=C(Nc1ncn(Cc2ccc(Br)cc2)n1)c1ccc2c(c1)C(=O)c1ccccc1-2. The molecule has 0 saturated carbocycles. The Morgan fingerprint density at radius 1 is 0.933 bits per heavy atom. The van der Waals surface area contributed by atoms with Gasteiger partial charge in [-0.05, 0) is 41.0 Å². The molecule has 1 amide bonds. The summed E-state index contributed by atoms with van der Waals surface area (Å²) in [6, 6.07) is 20.5. The minimum atomic E-state index is -0.358. The number of amides is 1. The van der Waals surface area contributed by atoms with Gasteiger partial charge in [0.2, 0.25) is 5.95 Å². The molecule has 3 aromatic carbocycles. The van der Waals surface area contributed by atoms with E-state index < -0.39 is 0 Å². The monoisotopic (exact) mass is 458 g/mol. The van der Waals surface area contributed by atoms with Crippen LogP contribution < -0.4 is 5.32 Å². The molecule has 0 unspecified atom stereocenters. The van der Waals surface area contributed by atoms with Gasteiger partial charge < -0.3 is 0 Å². The molecule has 146 valence electrons. The lowest BCUT2D eigenvalue weighted by molar-refractivity contribution is 0.102. The average Bonchev–Trinajstić information content (AvgIpc) is 3.32. The van der Waals surface area contributed by atoms with E-state index >= 15 is 0 Å². The van der Waals surface area contributed by atoms with Gasteiger partial charge >= 0.3 is 0 Å². The predicted octanol–water partition coefficient (Wildman–Crippen LogP) is 4.55. The molecule has 0 aliphatic heterocycles. The molecule has 1 heterocycles. The molecule has 0 bridgehead atoms. The Morgan fingerprint density at radius 3 is 2.47 bits per heavy atom. The van der Waals surface area contributed by atoms with Gasteiger partial charge in [-0.3, -0.25) is 14.9 Å². The number of fused-ring (bicyclic) bond motifs is 3. The van der Waals surface area contributed by atoms with Crippen LogP contribution in [0.5, 0.6) is 0 Å². The topological polar surface area (TPSA) is 76.9 Å². The van der Waals surface area contributed by atoms with Crippen LogP contribution in [0.3, 0.4) is 0 Å². The molecule has 4 aromatic rings. The summed E-state index contributed by atoms with van der Waals surface area (Å²) in [4.78, 5) is 29.5. The minimum Gasteiger partial charge on any atom is -0.289 e. The average molecular weight is 459 g/mol. The smallest absolute Gasteiger partial charge is 0.258 e. The van der Waals surface area contributed by atoms with Crippen molar-refractivity contribution in [3.63, 3.8) is 0 Å². The molecule has 0 spiro atoms. The van der Waals surface area contributed by atoms with Crippen LogP contribution in [0.2, 0.25) is 0 Å². The van der Waals surface area contributed by atoms with E-state index in [0.29, 0.717) is 23.2 Å². The van der Waals surface area contributed by atoms with Crippen LogP contribution in [-0.2, 0) is 6.54 Å². The van der Waals surface area contributed by atoms with Crippen LogP contribution in [0.15, 0.2) is 77.5 Å². The first-order valence-electron chi connectivity index (χ1n) is 9.32. The van der Waals surface area contributed by atoms with Crippen molar-refractivity contribution in [3.8, 4) is 11.1 Å². The van der Waals surface area contributed by atoms with E-state index in [-0.39, 0.29) is 17.6 Å². The molecular weight excluding hydrogens is 444 g/mol. The summed E-state index contributed by atoms with van der Waals surface area (Å²) < 4.78 is 2.66. The van der Waals surface area contributed by atoms with E-state index in [2.05, 4.69) is 31.3 Å².